The highest BCUT2D eigenvalue weighted by Gasteiger charge is 2.32. The summed E-state index contributed by atoms with van der Waals surface area (Å²) in [6.45, 7) is 2.85. The molecule has 1 heterocycles. The van der Waals surface area contributed by atoms with Crippen molar-refractivity contribution in [2.45, 2.75) is 56.9 Å². The molecular weight excluding hydrogens is 164 g/mol. The molecule has 1 saturated heterocycles. The van der Waals surface area contributed by atoms with Crippen LogP contribution in [0.2, 0.25) is 0 Å². The van der Waals surface area contributed by atoms with E-state index in [9.17, 15) is 0 Å². The van der Waals surface area contributed by atoms with Crippen molar-refractivity contribution in [1.82, 2.24) is 5.32 Å². The highest BCUT2D eigenvalue weighted by atomic mass is 16.5. The summed E-state index contributed by atoms with van der Waals surface area (Å²) < 4.78 is 5.80. The Morgan fingerprint density at radius 3 is 2.62 bits per heavy atom. The van der Waals surface area contributed by atoms with Crippen molar-refractivity contribution in [1.29, 1.82) is 0 Å². The zero-order valence-electron chi connectivity index (χ0n) is 8.33. The summed E-state index contributed by atoms with van der Waals surface area (Å²) in [7, 11) is 0. The fraction of sp³-hybridized carbons (Fsp3) is 1.00. The molecule has 0 aromatic heterocycles. The zero-order valence-corrected chi connectivity index (χ0v) is 8.33. The van der Waals surface area contributed by atoms with E-state index in [1.54, 1.807) is 0 Å². The molecule has 0 aromatic rings. The lowest BCUT2D eigenvalue weighted by Gasteiger charge is -2.23. The van der Waals surface area contributed by atoms with Gasteiger partial charge >= 0.3 is 0 Å². The Bertz CT molecular complexity index is 170. The van der Waals surface area contributed by atoms with Gasteiger partial charge in [-0.1, -0.05) is 0 Å². The molecule has 3 atom stereocenters. The first-order valence-electron chi connectivity index (χ1n) is 5.41. The Labute approximate surface area is 80.0 Å². The number of ether oxygens (including phenoxy) is 1. The van der Waals surface area contributed by atoms with Crippen LogP contribution in [-0.2, 0) is 4.74 Å². The van der Waals surface area contributed by atoms with Gasteiger partial charge in [0.15, 0.2) is 0 Å². The zero-order chi connectivity index (χ0) is 9.26. The largest absolute Gasteiger partial charge is 0.374 e. The van der Waals surface area contributed by atoms with Crippen molar-refractivity contribution < 1.29 is 4.74 Å². The smallest absolute Gasteiger partial charge is 0.0745 e. The Balaban J connectivity index is 1.80. The highest BCUT2D eigenvalue weighted by Crippen LogP contribution is 2.25. The van der Waals surface area contributed by atoms with Crippen LogP contribution in [0.25, 0.3) is 0 Å². The number of nitrogens with one attached hydrogen (secondary N) is 1. The molecule has 0 radical (unpaired) electrons. The van der Waals surface area contributed by atoms with Crippen LogP contribution in [0, 0.1) is 0 Å². The fourth-order valence-electron chi connectivity index (χ4n) is 2.01. The molecule has 3 nitrogen and oxygen atoms in total. The molecule has 0 aromatic carbocycles. The molecule has 0 spiro atoms. The minimum atomic E-state index is 0.362. The molecule has 13 heavy (non-hydrogen) atoms. The van der Waals surface area contributed by atoms with Crippen molar-refractivity contribution in [3.63, 3.8) is 0 Å². The van der Waals surface area contributed by atoms with Gasteiger partial charge in [0.2, 0.25) is 0 Å². The van der Waals surface area contributed by atoms with Crippen LogP contribution in [0.1, 0.15) is 32.6 Å². The van der Waals surface area contributed by atoms with Gasteiger partial charge in [0.25, 0.3) is 0 Å². The van der Waals surface area contributed by atoms with E-state index in [1.807, 2.05) is 0 Å². The molecule has 3 heteroatoms. The van der Waals surface area contributed by atoms with Gasteiger partial charge in [-0.15, -0.1) is 0 Å². The van der Waals surface area contributed by atoms with E-state index in [0.717, 1.165) is 6.04 Å². The van der Waals surface area contributed by atoms with Gasteiger partial charge in [-0.25, -0.2) is 0 Å². The minimum Gasteiger partial charge on any atom is -0.374 e. The van der Waals surface area contributed by atoms with E-state index < -0.39 is 0 Å². The van der Waals surface area contributed by atoms with E-state index in [0.29, 0.717) is 24.8 Å². The molecule has 3 N–H and O–H groups in total. The molecule has 3 unspecified atom stereocenters. The molecular formula is C10H20N2O. The second-order valence-corrected chi connectivity index (χ2v) is 4.35. The third-order valence-corrected chi connectivity index (χ3v) is 2.99. The summed E-state index contributed by atoms with van der Waals surface area (Å²) in [4.78, 5) is 0. The van der Waals surface area contributed by atoms with Gasteiger partial charge in [-0.2, -0.15) is 0 Å². The monoisotopic (exact) mass is 184 g/mol. The summed E-state index contributed by atoms with van der Waals surface area (Å²) in [5.74, 6) is 0. The van der Waals surface area contributed by atoms with Crippen LogP contribution in [-0.4, -0.2) is 30.8 Å². The molecule has 76 valence electrons. The van der Waals surface area contributed by atoms with Gasteiger partial charge in [0.05, 0.1) is 12.2 Å². The average molecular weight is 184 g/mol. The van der Waals surface area contributed by atoms with Crippen molar-refractivity contribution in [2.75, 3.05) is 6.54 Å². The highest BCUT2D eigenvalue weighted by molar-refractivity contribution is 4.90. The first-order chi connectivity index (χ1) is 6.29. The molecule has 1 saturated carbocycles. The number of rotatable bonds is 4. The Morgan fingerprint density at radius 1 is 1.38 bits per heavy atom. The van der Waals surface area contributed by atoms with Gasteiger partial charge in [0.1, 0.15) is 0 Å². The van der Waals surface area contributed by atoms with Crippen LogP contribution in [0.15, 0.2) is 0 Å². The lowest BCUT2D eigenvalue weighted by molar-refractivity contribution is 0.0334. The Hall–Kier alpha value is -0.120. The first-order valence-corrected chi connectivity index (χ1v) is 5.41. The maximum Gasteiger partial charge on any atom is 0.0745 e. The summed E-state index contributed by atoms with van der Waals surface area (Å²) in [5.41, 5.74) is 5.73. The number of hydrogen-bond acceptors (Lipinski definition) is 3. The topological polar surface area (TPSA) is 47.3 Å². The molecule has 1 aliphatic heterocycles. The Morgan fingerprint density at radius 2 is 2.15 bits per heavy atom. The van der Waals surface area contributed by atoms with E-state index in [4.69, 9.17) is 10.5 Å². The minimum absolute atomic E-state index is 0.362. The van der Waals surface area contributed by atoms with Crippen LogP contribution in [0.4, 0.5) is 0 Å². The third-order valence-electron chi connectivity index (χ3n) is 2.99. The predicted octanol–water partition coefficient (Wildman–Crippen LogP) is 0.633. The van der Waals surface area contributed by atoms with E-state index in [1.165, 1.54) is 25.7 Å². The summed E-state index contributed by atoms with van der Waals surface area (Å²) in [5, 5.41) is 3.55. The second-order valence-electron chi connectivity index (χ2n) is 4.35. The lowest BCUT2D eigenvalue weighted by Crippen LogP contribution is -2.46. The Kier molecular flexibility index (Phi) is 2.86. The van der Waals surface area contributed by atoms with Crippen LogP contribution < -0.4 is 11.1 Å². The molecule has 0 bridgehead atoms. The standard InChI is InChI=1S/C10H20N2O/c1-7-2-5-10(13-7)9(6-11)12-8-3-4-8/h7-10,12H,2-6,11H2,1H3. The average Bonchev–Trinajstić information content (AvgIpc) is 2.84. The van der Waals surface area contributed by atoms with E-state index >= 15 is 0 Å². The van der Waals surface area contributed by atoms with E-state index in [-0.39, 0.29) is 0 Å². The van der Waals surface area contributed by atoms with Gasteiger partial charge in [-0.05, 0) is 32.6 Å². The fourth-order valence-corrected chi connectivity index (χ4v) is 2.01. The normalized spacial score (nSPS) is 36.5. The molecule has 2 fully saturated rings. The van der Waals surface area contributed by atoms with Crippen LogP contribution in [0.5, 0.6) is 0 Å². The van der Waals surface area contributed by atoms with Crippen LogP contribution in [0.3, 0.4) is 0 Å². The molecule has 1 aliphatic carbocycles. The molecule has 2 rings (SSSR count). The molecule has 2 aliphatic rings. The number of nitrogens with two attached hydrogens (primary N) is 1. The molecule has 0 amide bonds. The summed E-state index contributed by atoms with van der Waals surface area (Å²) >= 11 is 0. The van der Waals surface area contributed by atoms with Gasteiger partial charge < -0.3 is 15.8 Å². The maximum absolute atomic E-state index is 5.80. The van der Waals surface area contributed by atoms with Gasteiger partial charge in [0, 0.05) is 18.6 Å². The van der Waals surface area contributed by atoms with Gasteiger partial charge in [-0.3, -0.25) is 0 Å². The quantitative estimate of drug-likeness (QED) is 0.674. The third kappa shape index (κ3) is 2.42. The van der Waals surface area contributed by atoms with Crippen LogP contribution >= 0.6 is 0 Å². The second kappa shape index (κ2) is 3.95. The first kappa shape index (κ1) is 9.44. The number of hydrogen-bond donors (Lipinski definition) is 2. The predicted molar refractivity (Wildman–Crippen MR) is 52.6 cm³/mol. The maximum atomic E-state index is 5.80. The van der Waals surface area contributed by atoms with Crippen molar-refractivity contribution in [2.24, 2.45) is 5.73 Å². The summed E-state index contributed by atoms with van der Waals surface area (Å²) in [6, 6.07) is 1.12. The SMILES string of the molecule is CC1CCC(C(CN)NC2CC2)O1. The van der Waals surface area contributed by atoms with Crippen molar-refractivity contribution in [3.8, 4) is 0 Å². The van der Waals surface area contributed by atoms with E-state index in [2.05, 4.69) is 12.2 Å². The lowest BCUT2D eigenvalue weighted by atomic mass is 10.1. The van der Waals surface area contributed by atoms with Crippen molar-refractivity contribution >= 4 is 0 Å². The van der Waals surface area contributed by atoms with Crippen molar-refractivity contribution in [3.05, 3.63) is 0 Å². The summed E-state index contributed by atoms with van der Waals surface area (Å²) in [6.07, 6.45) is 5.79.